The molecular formula is C6H8N3O2PS. The average molecular weight is 217 g/mol. The topological polar surface area (TPSA) is 78.9 Å². The summed E-state index contributed by atoms with van der Waals surface area (Å²) in [4.78, 5) is 13.1. The number of rotatable bonds is 4. The fourth-order valence-corrected chi connectivity index (χ4v) is 3.33. The van der Waals surface area contributed by atoms with Crippen molar-refractivity contribution in [3.05, 3.63) is 18.7 Å². The first-order valence-corrected chi connectivity index (χ1v) is 6.70. The second-order valence-corrected chi connectivity index (χ2v) is 6.49. The summed E-state index contributed by atoms with van der Waals surface area (Å²) in [6.07, 6.45) is 4.43. The molecule has 0 bridgehead atoms. The van der Waals surface area contributed by atoms with Gasteiger partial charge in [-0.05, 0) is 11.4 Å². The van der Waals surface area contributed by atoms with Crippen molar-refractivity contribution in [2.24, 2.45) is 0 Å². The van der Waals surface area contributed by atoms with Gasteiger partial charge < -0.3 is 4.89 Å². The van der Waals surface area contributed by atoms with E-state index >= 15 is 0 Å². The first-order valence-electron chi connectivity index (χ1n) is 3.50. The van der Waals surface area contributed by atoms with Crippen molar-refractivity contribution in [3.8, 4) is 6.07 Å². The number of imidazole rings is 1. The van der Waals surface area contributed by atoms with Crippen molar-refractivity contribution in [1.29, 1.82) is 5.26 Å². The van der Waals surface area contributed by atoms with E-state index < -0.39 is 6.72 Å². The van der Waals surface area contributed by atoms with Gasteiger partial charge in [-0.3, -0.25) is 8.90 Å². The summed E-state index contributed by atoms with van der Waals surface area (Å²) in [6.45, 7) is -3.41. The van der Waals surface area contributed by atoms with Crippen LogP contribution in [-0.4, -0.2) is 20.0 Å². The second-order valence-electron chi connectivity index (χ2n) is 2.17. The third-order valence-corrected chi connectivity index (χ3v) is 4.92. The van der Waals surface area contributed by atoms with E-state index in [-0.39, 0.29) is 6.42 Å². The molecule has 5 nitrogen and oxygen atoms in total. The van der Waals surface area contributed by atoms with Crippen LogP contribution in [0.5, 0.6) is 0 Å². The van der Waals surface area contributed by atoms with E-state index in [1.54, 1.807) is 0 Å². The van der Waals surface area contributed by atoms with Crippen molar-refractivity contribution < 1.29 is 9.46 Å². The monoisotopic (exact) mass is 217 g/mol. The Kier molecular flexibility index (Phi) is 3.55. The fraction of sp³-hybridized carbons (Fsp3) is 0.333. The van der Waals surface area contributed by atoms with E-state index in [9.17, 15) is 9.46 Å². The highest BCUT2D eigenvalue weighted by Crippen LogP contribution is 2.55. The Morgan fingerprint density at radius 3 is 3.08 bits per heavy atom. The highest BCUT2D eigenvalue weighted by molar-refractivity contribution is 8.55. The molecule has 70 valence electrons. The quantitative estimate of drug-likeness (QED) is 0.610. The predicted octanol–water partition coefficient (Wildman–Crippen LogP) is 1.48. The van der Waals surface area contributed by atoms with Crippen LogP contribution in [0.2, 0.25) is 0 Å². The first kappa shape index (κ1) is 10.3. The normalized spacial score (nSPS) is 14.8. The maximum Gasteiger partial charge on any atom is 0.355 e. The van der Waals surface area contributed by atoms with Crippen molar-refractivity contribution >= 4 is 18.1 Å². The Morgan fingerprint density at radius 1 is 1.77 bits per heavy atom. The predicted molar refractivity (Wildman–Crippen MR) is 50.1 cm³/mol. The highest BCUT2D eigenvalue weighted by Gasteiger charge is 2.20. The van der Waals surface area contributed by atoms with E-state index in [0.29, 0.717) is 5.75 Å². The molecule has 0 aliphatic heterocycles. The van der Waals surface area contributed by atoms with Crippen LogP contribution in [0.25, 0.3) is 0 Å². The SMILES string of the molecule is N#CCCSP(=O)(O)n1ccnc1. The van der Waals surface area contributed by atoms with Gasteiger partial charge in [0.2, 0.25) is 0 Å². The minimum absolute atomic E-state index is 0.268. The minimum atomic E-state index is -3.41. The summed E-state index contributed by atoms with van der Waals surface area (Å²) in [5.41, 5.74) is 0. The van der Waals surface area contributed by atoms with Gasteiger partial charge in [0.05, 0.1) is 6.07 Å². The molecule has 0 saturated carbocycles. The van der Waals surface area contributed by atoms with Gasteiger partial charge in [0.15, 0.2) is 0 Å². The van der Waals surface area contributed by atoms with Crippen LogP contribution < -0.4 is 0 Å². The molecule has 0 spiro atoms. The molecule has 1 heterocycles. The third-order valence-electron chi connectivity index (χ3n) is 1.26. The number of hydrogen-bond donors (Lipinski definition) is 1. The zero-order chi connectivity index (χ0) is 9.73. The van der Waals surface area contributed by atoms with Gasteiger partial charge in [-0.15, -0.1) is 0 Å². The largest absolute Gasteiger partial charge is 0.355 e. The molecule has 1 N–H and O–H groups in total. The summed E-state index contributed by atoms with van der Waals surface area (Å²) >= 11 is 0.873. The van der Waals surface area contributed by atoms with E-state index in [0.717, 1.165) is 15.7 Å². The van der Waals surface area contributed by atoms with Crippen LogP contribution in [0.4, 0.5) is 0 Å². The fourth-order valence-electron chi connectivity index (χ4n) is 0.678. The maximum atomic E-state index is 11.5. The lowest BCUT2D eigenvalue weighted by molar-refractivity contribution is 0.487. The number of aromatic nitrogens is 2. The molecule has 1 unspecified atom stereocenters. The molecule has 0 fully saturated rings. The number of hydrogen-bond acceptors (Lipinski definition) is 4. The van der Waals surface area contributed by atoms with Crippen LogP contribution in [0, 0.1) is 11.3 Å². The molecule has 7 heteroatoms. The lowest BCUT2D eigenvalue weighted by atomic mass is 10.6. The number of nitriles is 1. The Bertz CT molecular complexity index is 345. The lowest BCUT2D eigenvalue weighted by Crippen LogP contribution is -1.89. The van der Waals surface area contributed by atoms with Crippen LogP contribution in [0.1, 0.15) is 6.42 Å². The molecule has 0 aromatic carbocycles. The van der Waals surface area contributed by atoms with Crippen LogP contribution in [0.3, 0.4) is 0 Å². The average Bonchev–Trinajstić information content (AvgIpc) is 2.56. The van der Waals surface area contributed by atoms with Crippen molar-refractivity contribution in [3.63, 3.8) is 0 Å². The van der Waals surface area contributed by atoms with E-state index in [4.69, 9.17) is 5.26 Å². The summed E-state index contributed by atoms with van der Waals surface area (Å²) in [5, 5.41) is 8.24. The van der Waals surface area contributed by atoms with Gasteiger partial charge in [0.25, 0.3) is 0 Å². The van der Waals surface area contributed by atoms with Crippen molar-refractivity contribution in [2.75, 3.05) is 5.75 Å². The third kappa shape index (κ3) is 2.88. The molecule has 0 aliphatic carbocycles. The molecule has 0 aliphatic rings. The number of nitrogens with zero attached hydrogens (tertiary/aromatic N) is 3. The standard InChI is InChI=1S/C6H8N3O2PS/c7-2-1-5-13-12(10,11)9-4-3-8-6-9/h3-4,6H,1,5H2,(H,10,11). The summed E-state index contributed by atoms with van der Waals surface area (Å²) in [6, 6.07) is 1.91. The van der Waals surface area contributed by atoms with Crippen molar-refractivity contribution in [1.82, 2.24) is 9.32 Å². The lowest BCUT2D eigenvalue weighted by Gasteiger charge is -2.09. The van der Waals surface area contributed by atoms with Crippen LogP contribution in [0.15, 0.2) is 18.7 Å². The molecular weight excluding hydrogens is 209 g/mol. The summed E-state index contributed by atoms with van der Waals surface area (Å²) < 4.78 is 12.6. The van der Waals surface area contributed by atoms with Gasteiger partial charge >= 0.3 is 6.72 Å². The second kappa shape index (κ2) is 4.47. The first-order chi connectivity index (χ1) is 6.17. The van der Waals surface area contributed by atoms with Gasteiger partial charge in [0, 0.05) is 24.6 Å². The van der Waals surface area contributed by atoms with E-state index in [1.165, 1.54) is 18.7 Å². The minimum Gasteiger partial charge on any atom is -0.321 e. The van der Waals surface area contributed by atoms with Crippen LogP contribution >= 0.6 is 18.1 Å². The Hall–Kier alpha value is -0.760. The van der Waals surface area contributed by atoms with Gasteiger partial charge in [0.1, 0.15) is 6.33 Å². The zero-order valence-electron chi connectivity index (χ0n) is 6.70. The molecule has 1 aromatic heterocycles. The zero-order valence-corrected chi connectivity index (χ0v) is 8.41. The van der Waals surface area contributed by atoms with Gasteiger partial charge in [-0.1, -0.05) is 0 Å². The van der Waals surface area contributed by atoms with E-state index in [1.807, 2.05) is 6.07 Å². The summed E-state index contributed by atoms with van der Waals surface area (Å²) in [7, 11) is 0. The Balaban J connectivity index is 2.58. The Morgan fingerprint density at radius 2 is 2.54 bits per heavy atom. The molecule has 0 amide bonds. The van der Waals surface area contributed by atoms with E-state index in [2.05, 4.69) is 4.98 Å². The van der Waals surface area contributed by atoms with Crippen molar-refractivity contribution in [2.45, 2.75) is 6.42 Å². The molecule has 0 saturated heterocycles. The molecule has 1 rings (SSSR count). The molecule has 0 radical (unpaired) electrons. The highest BCUT2D eigenvalue weighted by atomic mass is 32.7. The molecule has 1 aromatic rings. The van der Waals surface area contributed by atoms with Crippen LogP contribution in [-0.2, 0) is 4.57 Å². The summed E-state index contributed by atoms with van der Waals surface area (Å²) in [5.74, 6) is 0.350. The van der Waals surface area contributed by atoms with Gasteiger partial charge in [-0.25, -0.2) is 4.98 Å². The molecule has 13 heavy (non-hydrogen) atoms. The maximum absolute atomic E-state index is 11.5. The molecule has 1 atom stereocenters. The Labute approximate surface area is 79.7 Å². The van der Waals surface area contributed by atoms with Gasteiger partial charge in [-0.2, -0.15) is 5.26 Å². The smallest absolute Gasteiger partial charge is 0.321 e.